The van der Waals surface area contributed by atoms with Crippen LogP contribution in [0.5, 0.6) is 0 Å². The Kier molecular flexibility index (Phi) is 14.6. The molecule has 0 nitrogen and oxygen atoms in total. The van der Waals surface area contributed by atoms with Gasteiger partial charge in [-0.25, -0.2) is 12.1 Å². The summed E-state index contributed by atoms with van der Waals surface area (Å²) in [5, 5.41) is 6.06. The van der Waals surface area contributed by atoms with Crippen LogP contribution in [0, 0.1) is 6.58 Å². The third-order valence-electron chi connectivity index (χ3n) is 5.67. The van der Waals surface area contributed by atoms with Crippen molar-refractivity contribution in [2.75, 3.05) is 12.3 Å². The molecule has 178 valence electrons. The molecular weight excluding hydrogens is 514 g/mol. The maximum absolute atomic E-state index is 4.25. The first-order valence-electron chi connectivity index (χ1n) is 11.9. The molecule has 0 aromatic heterocycles. The third kappa shape index (κ3) is 9.43. The predicted octanol–water partition coefficient (Wildman–Crippen LogP) is 6.73. The largest absolute Gasteiger partial charge is 6.00 e. The van der Waals surface area contributed by atoms with Crippen LogP contribution < -0.4 is 21.2 Å². The molecule has 0 amide bonds. The van der Waals surface area contributed by atoms with Gasteiger partial charge in [-0.2, -0.15) is 18.2 Å². The van der Waals surface area contributed by atoms with Gasteiger partial charge in [0.05, 0.1) is 37.1 Å². The molecule has 0 heterocycles. The summed E-state index contributed by atoms with van der Waals surface area (Å²) in [6, 6.07) is 54.5. The Hall–Kier alpha value is -2.65. The van der Waals surface area contributed by atoms with Crippen LogP contribution in [0.3, 0.4) is 0 Å². The molecule has 0 N–H and O–H groups in total. The minimum Gasteiger partial charge on any atom is -0.521 e. The van der Waals surface area contributed by atoms with Crippen molar-refractivity contribution in [3.63, 3.8) is 0 Å². The van der Waals surface area contributed by atoms with E-state index in [0.717, 1.165) is 0 Å². The van der Waals surface area contributed by atoms with Crippen molar-refractivity contribution in [2.24, 2.45) is 0 Å². The molecule has 36 heavy (non-hydrogen) atoms. The first-order valence-corrected chi connectivity index (χ1v) is 15.3. The Morgan fingerprint density at radius 3 is 0.889 bits per heavy atom. The fourth-order valence-electron chi connectivity index (χ4n) is 4.04. The summed E-state index contributed by atoms with van der Waals surface area (Å²) in [4.78, 5) is 0. The fourth-order valence-corrected chi connectivity index (χ4v) is 10.2. The molecule has 0 radical (unpaired) electrons. The summed E-state index contributed by atoms with van der Waals surface area (Å²) in [5.74, 6) is 0. The van der Waals surface area contributed by atoms with Gasteiger partial charge in [0.2, 0.25) is 0 Å². The zero-order valence-electron chi connectivity index (χ0n) is 20.5. The zero-order chi connectivity index (χ0) is 24.6. The van der Waals surface area contributed by atoms with Crippen LogP contribution in [-0.4, -0.2) is 12.3 Å². The zero-order valence-corrected chi connectivity index (χ0v) is 23.6. The van der Waals surface area contributed by atoms with Crippen molar-refractivity contribution >= 4 is 37.1 Å². The molecule has 5 aromatic rings. The van der Waals surface area contributed by atoms with E-state index in [4.69, 9.17) is 0 Å². The monoisotopic (exact) mass is 548 g/mol. The summed E-state index contributed by atoms with van der Waals surface area (Å²) < 4.78 is 0. The number of hydrogen-bond donors (Lipinski definition) is 0. The molecule has 3 heteroatoms. The summed E-state index contributed by atoms with van der Waals surface area (Å²) in [6.45, 7) is 7.00. The fraction of sp³-hybridized carbons (Fsp3) is 0.0606. The van der Waals surface area contributed by atoms with E-state index in [-0.39, 0.29) is 17.1 Å². The Balaban J connectivity index is 0.000000501. The molecule has 5 rings (SSSR count). The Morgan fingerprint density at radius 2 is 0.694 bits per heavy atom. The Labute approximate surface area is 230 Å². The van der Waals surface area contributed by atoms with E-state index in [1.165, 1.54) is 33.5 Å². The van der Waals surface area contributed by atoms with Crippen molar-refractivity contribution in [2.45, 2.75) is 0 Å². The summed E-state index contributed by atoms with van der Waals surface area (Å²) in [6.07, 6.45) is 2.52. The third-order valence-corrected chi connectivity index (χ3v) is 11.8. The van der Waals surface area contributed by atoms with Gasteiger partial charge in [-0.1, -0.05) is 72.8 Å². The van der Waals surface area contributed by atoms with E-state index in [0.29, 0.717) is 0 Å². The maximum Gasteiger partial charge on any atom is 6.00 e. The first kappa shape index (κ1) is 29.6. The van der Waals surface area contributed by atoms with E-state index in [9.17, 15) is 0 Å². The molecule has 0 saturated carbocycles. The van der Waals surface area contributed by atoms with Gasteiger partial charge in [0.25, 0.3) is 0 Å². The second-order valence-electron chi connectivity index (χ2n) is 7.88. The van der Waals surface area contributed by atoms with Crippen molar-refractivity contribution in [1.82, 2.24) is 0 Å². The molecule has 0 spiro atoms. The summed E-state index contributed by atoms with van der Waals surface area (Å²) in [5.41, 5.74) is 0. The van der Waals surface area contributed by atoms with E-state index in [2.05, 4.69) is 134 Å². The van der Waals surface area contributed by atoms with Crippen molar-refractivity contribution in [3.8, 4) is 0 Å². The van der Waals surface area contributed by atoms with Crippen LogP contribution >= 0.6 is 15.8 Å². The molecular formula is C33H34FeP2+6. The van der Waals surface area contributed by atoms with Crippen LogP contribution in [0.25, 0.3) is 0 Å². The normalized spacial score (nSPS) is 9.83. The van der Waals surface area contributed by atoms with Gasteiger partial charge in [-0.05, 0) is 48.5 Å². The topological polar surface area (TPSA) is 0 Å². The second-order valence-corrected chi connectivity index (χ2v) is 13.1. The average Bonchev–Trinajstić information content (AvgIpc) is 3.55. The minimum absolute atomic E-state index is 0. The van der Waals surface area contributed by atoms with E-state index in [1.807, 2.05) is 30.3 Å². The van der Waals surface area contributed by atoms with Gasteiger partial charge in [0.1, 0.15) is 12.3 Å². The summed E-state index contributed by atoms with van der Waals surface area (Å²) in [7, 11) is -1.57. The van der Waals surface area contributed by atoms with E-state index in [1.54, 1.807) is 0 Å². The van der Waals surface area contributed by atoms with E-state index >= 15 is 0 Å². The van der Waals surface area contributed by atoms with Crippen LogP contribution in [0.4, 0.5) is 0 Å². The van der Waals surface area contributed by atoms with Gasteiger partial charge in [-0.3, -0.25) is 6.58 Å². The molecule has 5 aromatic carbocycles. The standard InChI is InChI=1S/C26H24P2.C5H5.C2H3.Fe/c1-5-13-23(14-6-1)27(24-15-7-2-8-16-24)21-22-28(25-17-9-3-10-18-25)26-19-11-4-12-20-26;1-2-4-5-3-1;1-2;/h1-20H,21-22H2;1-5H;1H,2H2;/q;2*-1;+6/p+2. The number of benzene rings is 4. The van der Waals surface area contributed by atoms with Gasteiger partial charge in [0, 0.05) is 0 Å². The summed E-state index contributed by atoms with van der Waals surface area (Å²) >= 11 is 0. The SMILES string of the molecule is [CH-]=C.[Fe+6].c1cc[cH-]c1.c1ccc([PH+](CC[PH+](c2ccccc2)c2ccccc2)c2ccccc2)cc1. The van der Waals surface area contributed by atoms with Crippen LogP contribution in [0.15, 0.2) is 158 Å². The maximum atomic E-state index is 4.25. The molecule has 0 aliphatic carbocycles. The average molecular weight is 548 g/mol. The minimum atomic E-state index is -0.783. The van der Waals surface area contributed by atoms with Gasteiger partial charge in [-0.15, -0.1) is 0 Å². The van der Waals surface area contributed by atoms with Gasteiger partial charge < -0.3 is 6.58 Å². The Morgan fingerprint density at radius 1 is 0.444 bits per heavy atom. The van der Waals surface area contributed by atoms with Crippen LogP contribution in [0.2, 0.25) is 0 Å². The van der Waals surface area contributed by atoms with Crippen molar-refractivity contribution in [1.29, 1.82) is 0 Å². The molecule has 0 unspecified atom stereocenters. The van der Waals surface area contributed by atoms with Crippen molar-refractivity contribution in [3.05, 3.63) is 165 Å². The number of rotatable bonds is 7. The second kappa shape index (κ2) is 17.7. The molecule has 0 fully saturated rings. The molecule has 0 saturated heterocycles. The van der Waals surface area contributed by atoms with Gasteiger partial charge >= 0.3 is 17.1 Å². The smallest absolute Gasteiger partial charge is 0.521 e. The predicted molar refractivity (Wildman–Crippen MR) is 163 cm³/mol. The quantitative estimate of drug-likeness (QED) is 0.120. The van der Waals surface area contributed by atoms with Crippen LogP contribution in [0.1, 0.15) is 0 Å². The first-order chi connectivity index (χ1) is 17.4. The van der Waals surface area contributed by atoms with Gasteiger partial charge in [0.15, 0.2) is 0 Å². The molecule has 0 aliphatic rings. The molecule has 0 atom stereocenters. The van der Waals surface area contributed by atoms with E-state index < -0.39 is 15.8 Å². The Bertz CT molecular complexity index is 983. The molecule has 0 bridgehead atoms. The van der Waals surface area contributed by atoms with Crippen LogP contribution in [-0.2, 0) is 17.1 Å². The molecule has 0 aliphatic heterocycles. The number of hydrogen-bond acceptors (Lipinski definition) is 0. The van der Waals surface area contributed by atoms with Crippen molar-refractivity contribution < 1.29 is 17.1 Å².